The second-order valence-corrected chi connectivity index (χ2v) is 2.48. The summed E-state index contributed by atoms with van der Waals surface area (Å²) in [4.78, 5) is 33.2. The maximum Gasteiger partial charge on any atom is 0.286 e. The molecule has 1 atom stereocenters. The van der Waals surface area contributed by atoms with Gasteiger partial charge in [0.25, 0.3) is 5.91 Å². The highest BCUT2D eigenvalue weighted by Gasteiger charge is 2.20. The van der Waals surface area contributed by atoms with E-state index < -0.39 is 24.3 Å². The predicted octanol–water partition coefficient (Wildman–Crippen LogP) is -4.28. The Hall–Kier alpha value is -1.72. The fourth-order valence-electron chi connectivity index (χ4n) is 0.698. The summed E-state index contributed by atoms with van der Waals surface area (Å²) in [5, 5.41) is 10.1. The van der Waals surface area contributed by atoms with Crippen LogP contribution in [0.1, 0.15) is 13.3 Å². The van der Waals surface area contributed by atoms with Gasteiger partial charge in [-0.3, -0.25) is 9.59 Å². The summed E-state index contributed by atoms with van der Waals surface area (Å²) in [5.74, 6) is -2.25. The second-order valence-electron chi connectivity index (χ2n) is 2.48. The third-order valence-corrected chi connectivity index (χ3v) is 1.29. The number of carbonyl (C=O) groups excluding carboxylic acids is 3. The van der Waals surface area contributed by atoms with Crippen molar-refractivity contribution in [1.82, 2.24) is 0 Å². The summed E-state index contributed by atoms with van der Waals surface area (Å²) in [7, 11) is 0. The molecular formula is C7H10N2O4. The van der Waals surface area contributed by atoms with Crippen LogP contribution in [0.15, 0.2) is 0 Å². The van der Waals surface area contributed by atoms with E-state index in [0.29, 0.717) is 6.29 Å². The number of aldehydes is 1. The summed E-state index contributed by atoms with van der Waals surface area (Å²) in [6.45, 7) is 1.40. The van der Waals surface area contributed by atoms with Crippen LogP contribution in [0, 0.1) is 0 Å². The lowest BCUT2D eigenvalue weighted by Crippen LogP contribution is -2.83. The number of rotatable bonds is 5. The van der Waals surface area contributed by atoms with E-state index in [0.717, 1.165) is 0 Å². The smallest absolute Gasteiger partial charge is 0.286 e. The van der Waals surface area contributed by atoms with Crippen molar-refractivity contribution in [2.75, 3.05) is 0 Å². The SMILES string of the molecule is CC(C=O)=[NH+][C@@H](CC(=O)[O-])C(N)=O. The number of carbonyl (C=O) groups is 3. The maximum atomic E-state index is 10.6. The van der Waals surface area contributed by atoms with Crippen LogP contribution in [-0.2, 0) is 14.4 Å². The molecule has 0 aliphatic heterocycles. The number of hydrogen-bond donors (Lipinski definition) is 2. The van der Waals surface area contributed by atoms with Gasteiger partial charge in [0.15, 0.2) is 0 Å². The number of nitrogens with one attached hydrogen (secondary N) is 1. The monoisotopic (exact) mass is 186 g/mol. The van der Waals surface area contributed by atoms with Gasteiger partial charge in [-0.15, -0.1) is 0 Å². The number of amides is 1. The normalized spacial score (nSPS) is 13.5. The molecule has 6 heteroatoms. The first-order chi connectivity index (χ1) is 5.97. The fraction of sp³-hybridized carbons (Fsp3) is 0.429. The molecule has 6 nitrogen and oxygen atoms in total. The highest BCUT2D eigenvalue weighted by atomic mass is 16.4. The number of aliphatic carboxylic acids is 1. The summed E-state index contributed by atoms with van der Waals surface area (Å²) in [6.07, 6.45) is -0.0915. The molecule has 0 radical (unpaired) electrons. The lowest BCUT2D eigenvalue weighted by Gasteiger charge is -2.03. The van der Waals surface area contributed by atoms with Crippen LogP contribution in [-0.4, -0.2) is 29.9 Å². The maximum absolute atomic E-state index is 10.6. The Labute approximate surface area is 74.4 Å². The molecule has 0 heterocycles. The second kappa shape index (κ2) is 5.02. The highest BCUT2D eigenvalue weighted by Crippen LogP contribution is 1.80. The minimum atomic E-state index is -1.41. The van der Waals surface area contributed by atoms with E-state index in [9.17, 15) is 19.5 Å². The summed E-state index contributed by atoms with van der Waals surface area (Å²) < 4.78 is 0. The van der Waals surface area contributed by atoms with Crippen LogP contribution in [0.25, 0.3) is 0 Å². The van der Waals surface area contributed by atoms with Crippen molar-refractivity contribution < 1.29 is 24.5 Å². The molecule has 0 aliphatic carbocycles. The Balaban J connectivity index is 4.52. The molecule has 0 fully saturated rings. The van der Waals surface area contributed by atoms with E-state index in [4.69, 9.17) is 5.73 Å². The van der Waals surface area contributed by atoms with Crippen molar-refractivity contribution in [3.05, 3.63) is 0 Å². The van der Waals surface area contributed by atoms with Gasteiger partial charge in [-0.2, -0.15) is 0 Å². The molecule has 0 saturated carbocycles. The molecule has 0 aromatic rings. The van der Waals surface area contributed by atoms with Gasteiger partial charge in [0.1, 0.15) is 0 Å². The number of carboxylic acid groups (broad SMARTS) is 1. The Bertz CT molecular complexity index is 259. The van der Waals surface area contributed by atoms with Crippen molar-refractivity contribution in [3.8, 4) is 0 Å². The van der Waals surface area contributed by atoms with E-state index in [2.05, 4.69) is 4.99 Å². The Morgan fingerprint density at radius 2 is 2.15 bits per heavy atom. The van der Waals surface area contributed by atoms with Crippen molar-refractivity contribution >= 4 is 23.9 Å². The molecule has 72 valence electrons. The first kappa shape index (κ1) is 11.3. The molecule has 13 heavy (non-hydrogen) atoms. The molecular weight excluding hydrogens is 176 g/mol. The van der Waals surface area contributed by atoms with Crippen LogP contribution in [0.3, 0.4) is 0 Å². The van der Waals surface area contributed by atoms with Crippen molar-refractivity contribution in [1.29, 1.82) is 0 Å². The van der Waals surface area contributed by atoms with Gasteiger partial charge in [0, 0.05) is 12.9 Å². The third-order valence-electron chi connectivity index (χ3n) is 1.29. The predicted molar refractivity (Wildman–Crippen MR) is 40.3 cm³/mol. The van der Waals surface area contributed by atoms with Gasteiger partial charge in [-0.05, 0) is 0 Å². The van der Waals surface area contributed by atoms with E-state index >= 15 is 0 Å². The Kier molecular flexibility index (Phi) is 4.36. The number of nitrogens with two attached hydrogens (primary N) is 1. The quantitative estimate of drug-likeness (QED) is 0.334. The van der Waals surface area contributed by atoms with Crippen molar-refractivity contribution in [2.45, 2.75) is 19.4 Å². The van der Waals surface area contributed by atoms with E-state index in [1.54, 1.807) is 0 Å². The topological polar surface area (TPSA) is 114 Å². The van der Waals surface area contributed by atoms with Crippen LogP contribution in [0.4, 0.5) is 0 Å². The number of primary amides is 1. The van der Waals surface area contributed by atoms with Gasteiger partial charge in [0.05, 0.1) is 6.42 Å². The van der Waals surface area contributed by atoms with Crippen LogP contribution < -0.4 is 15.8 Å². The minimum Gasteiger partial charge on any atom is -0.550 e. The van der Waals surface area contributed by atoms with Crippen LogP contribution >= 0.6 is 0 Å². The summed E-state index contributed by atoms with van der Waals surface area (Å²) in [6, 6.07) is -1.10. The minimum absolute atomic E-state index is 0.144. The summed E-state index contributed by atoms with van der Waals surface area (Å²) >= 11 is 0. The number of hydrogen-bond acceptors (Lipinski definition) is 4. The molecule has 3 N–H and O–H groups in total. The van der Waals surface area contributed by atoms with Crippen molar-refractivity contribution in [2.24, 2.45) is 5.73 Å². The van der Waals surface area contributed by atoms with Crippen LogP contribution in [0.5, 0.6) is 0 Å². The first-order valence-electron chi connectivity index (χ1n) is 3.51. The highest BCUT2D eigenvalue weighted by molar-refractivity contribution is 6.24. The molecule has 0 spiro atoms. The van der Waals surface area contributed by atoms with E-state index in [-0.39, 0.29) is 5.71 Å². The van der Waals surface area contributed by atoms with Gasteiger partial charge < -0.3 is 15.6 Å². The summed E-state index contributed by atoms with van der Waals surface area (Å²) in [5.41, 5.74) is 5.01. The van der Waals surface area contributed by atoms with Crippen molar-refractivity contribution in [3.63, 3.8) is 0 Å². The van der Waals surface area contributed by atoms with Gasteiger partial charge in [0.2, 0.25) is 18.0 Å². The molecule has 0 unspecified atom stereocenters. The molecule has 0 aromatic heterocycles. The number of carboxylic acids is 1. The molecule has 0 rings (SSSR count). The van der Waals surface area contributed by atoms with Crippen LogP contribution in [0.2, 0.25) is 0 Å². The fourth-order valence-corrected chi connectivity index (χ4v) is 0.698. The molecule has 0 saturated heterocycles. The average Bonchev–Trinajstić information content (AvgIpc) is 2.02. The van der Waals surface area contributed by atoms with Gasteiger partial charge >= 0.3 is 0 Å². The molecule has 0 aliphatic rings. The molecule has 1 amide bonds. The first-order valence-corrected chi connectivity index (χ1v) is 3.51. The largest absolute Gasteiger partial charge is 0.550 e. The average molecular weight is 186 g/mol. The lowest BCUT2D eigenvalue weighted by molar-refractivity contribution is -0.487. The zero-order valence-corrected chi connectivity index (χ0v) is 7.07. The standard InChI is InChI=1S/C7H10N2O4/c1-4(3-10)9-5(7(8)13)2-6(11)12/h3,5H,2H2,1H3,(H2,8,13)(H,11,12)/t5-/m0/s1. The zero-order valence-electron chi connectivity index (χ0n) is 7.07. The third kappa shape index (κ3) is 4.67. The lowest BCUT2D eigenvalue weighted by atomic mass is 10.2. The molecule has 0 bridgehead atoms. The zero-order chi connectivity index (χ0) is 10.4. The Morgan fingerprint density at radius 1 is 1.62 bits per heavy atom. The Morgan fingerprint density at radius 3 is 2.46 bits per heavy atom. The molecule has 0 aromatic carbocycles. The van der Waals surface area contributed by atoms with E-state index in [1.165, 1.54) is 6.92 Å². The van der Waals surface area contributed by atoms with E-state index in [1.807, 2.05) is 0 Å². The van der Waals surface area contributed by atoms with Gasteiger partial charge in [-0.1, -0.05) is 0 Å². The van der Waals surface area contributed by atoms with Gasteiger partial charge in [-0.25, -0.2) is 4.99 Å².